The third-order valence-corrected chi connectivity index (χ3v) is 7.65. The van der Waals surface area contributed by atoms with Crippen molar-refractivity contribution in [3.05, 3.63) is 71.9 Å². The van der Waals surface area contributed by atoms with Crippen LogP contribution in [0.3, 0.4) is 0 Å². The largest absolute Gasteiger partial charge is 0.460 e. The van der Waals surface area contributed by atoms with E-state index >= 15 is 0 Å². The highest BCUT2D eigenvalue weighted by Gasteiger charge is 2.73. The molecule has 2 bridgehead atoms. The molecule has 5 nitrogen and oxygen atoms in total. The van der Waals surface area contributed by atoms with E-state index in [0.29, 0.717) is 0 Å². The van der Waals surface area contributed by atoms with Gasteiger partial charge in [-0.25, -0.2) is 0 Å². The monoisotopic (exact) mass is 452 g/mol. The number of allylic oxidation sites excluding steroid dienone is 8. The van der Waals surface area contributed by atoms with Gasteiger partial charge < -0.3 is 14.6 Å². The van der Waals surface area contributed by atoms with Crippen LogP contribution in [-0.2, 0) is 19.1 Å². The maximum absolute atomic E-state index is 12.6. The molecule has 0 radical (unpaired) electrons. The third-order valence-electron chi connectivity index (χ3n) is 7.65. The maximum atomic E-state index is 12.6. The van der Waals surface area contributed by atoms with E-state index in [4.69, 9.17) is 9.47 Å². The first-order valence-electron chi connectivity index (χ1n) is 11.5. The Hall–Kier alpha value is -2.50. The van der Waals surface area contributed by atoms with Crippen molar-refractivity contribution in [3.63, 3.8) is 0 Å². The molecule has 2 fully saturated rings. The van der Waals surface area contributed by atoms with Gasteiger partial charge in [-0.1, -0.05) is 68.5 Å². The summed E-state index contributed by atoms with van der Waals surface area (Å²) in [6, 6.07) is 0. The van der Waals surface area contributed by atoms with Crippen molar-refractivity contribution < 1.29 is 24.2 Å². The van der Waals surface area contributed by atoms with Crippen LogP contribution in [-0.4, -0.2) is 40.8 Å². The lowest BCUT2D eigenvalue weighted by atomic mass is 9.68. The summed E-state index contributed by atoms with van der Waals surface area (Å²) in [5, 5.41) is 10.3. The van der Waals surface area contributed by atoms with Crippen molar-refractivity contribution in [2.24, 2.45) is 16.7 Å². The molecule has 1 saturated heterocycles. The van der Waals surface area contributed by atoms with Crippen LogP contribution < -0.4 is 0 Å². The summed E-state index contributed by atoms with van der Waals surface area (Å²) in [5.41, 5.74) is -0.596. The Morgan fingerprint density at radius 3 is 2.18 bits per heavy atom. The highest BCUT2D eigenvalue weighted by Crippen LogP contribution is 2.60. The smallest absolute Gasteiger partial charge is 0.320 e. The van der Waals surface area contributed by atoms with E-state index in [-0.39, 0.29) is 23.9 Å². The van der Waals surface area contributed by atoms with Gasteiger partial charge in [0.05, 0.1) is 18.1 Å². The number of Topliss-reactive ketones (excluding diaryl/α,β-unsaturated/α-hetero) is 1. The second-order valence-electron chi connectivity index (χ2n) is 10.1. The SMILES string of the molecule is CC1=C[C@](C)(O)[C@H](C)O[C@@H]1/C(C)=C/C=C/C=C/C=C/C=C/C1(C)C2OC(=O)C1(C)C(=O)C2C. The van der Waals surface area contributed by atoms with Gasteiger partial charge in [-0.3, -0.25) is 9.59 Å². The van der Waals surface area contributed by atoms with Crippen LogP contribution in [0, 0.1) is 16.7 Å². The fourth-order valence-electron chi connectivity index (χ4n) is 5.14. The number of carbonyl (C=O) groups is 2. The van der Waals surface area contributed by atoms with Gasteiger partial charge in [0.1, 0.15) is 17.1 Å². The van der Waals surface area contributed by atoms with Gasteiger partial charge in [-0.05, 0) is 51.8 Å². The molecule has 3 rings (SSSR count). The van der Waals surface area contributed by atoms with E-state index in [2.05, 4.69) is 0 Å². The first-order chi connectivity index (χ1) is 15.4. The summed E-state index contributed by atoms with van der Waals surface area (Å²) in [6.45, 7) is 13.1. The van der Waals surface area contributed by atoms with Gasteiger partial charge >= 0.3 is 5.97 Å². The normalized spacial score (nSPS) is 41.8. The molecule has 178 valence electrons. The number of esters is 1. The minimum Gasteiger partial charge on any atom is -0.460 e. The molecule has 0 amide bonds. The van der Waals surface area contributed by atoms with Crippen molar-refractivity contribution in [2.45, 2.75) is 72.4 Å². The molecule has 1 saturated carbocycles. The number of carbonyl (C=O) groups excluding carboxylic acids is 2. The van der Waals surface area contributed by atoms with Gasteiger partial charge in [0.2, 0.25) is 0 Å². The highest BCUT2D eigenvalue weighted by molar-refractivity contribution is 6.10. The van der Waals surface area contributed by atoms with Crippen LogP contribution in [0.4, 0.5) is 0 Å². The molecule has 3 aliphatic rings. The topological polar surface area (TPSA) is 72.8 Å². The van der Waals surface area contributed by atoms with Crippen molar-refractivity contribution in [3.8, 4) is 0 Å². The molecule has 0 aromatic carbocycles. The lowest BCUT2D eigenvalue weighted by Crippen LogP contribution is -2.44. The summed E-state index contributed by atoms with van der Waals surface area (Å²) in [4.78, 5) is 24.8. The minimum atomic E-state index is -1.10. The standard InChI is InChI=1S/C28H36O5/c1-18(22-19(2)17-27(6,31)21(4)32-22)15-13-11-9-8-10-12-14-16-26(5)24-20(3)23(29)28(26,7)25(30)33-24/h8-17,20-22,24,31H,1-7H3/b9-8+,12-10+,13-11+,16-14+,18-15+/t20?,21-,22+,24?,26?,27-,28?/m0/s1. The van der Waals surface area contributed by atoms with Crippen molar-refractivity contribution in [1.29, 1.82) is 0 Å². The Kier molecular flexibility index (Phi) is 6.88. The second kappa shape index (κ2) is 9.03. The molecule has 1 N–H and O–H groups in total. The summed E-state index contributed by atoms with van der Waals surface area (Å²) < 4.78 is 11.5. The molecule has 1 aliphatic carbocycles. The van der Waals surface area contributed by atoms with Crippen LogP contribution >= 0.6 is 0 Å². The predicted molar refractivity (Wildman–Crippen MR) is 129 cm³/mol. The molecular weight excluding hydrogens is 416 g/mol. The van der Waals surface area contributed by atoms with Crippen LogP contribution in [0.15, 0.2) is 71.9 Å². The highest BCUT2D eigenvalue weighted by atomic mass is 16.6. The molecule has 4 unspecified atom stereocenters. The number of ketones is 1. The first kappa shape index (κ1) is 25.1. The number of hydrogen-bond acceptors (Lipinski definition) is 5. The van der Waals surface area contributed by atoms with Crippen molar-refractivity contribution >= 4 is 11.8 Å². The second-order valence-corrected chi connectivity index (χ2v) is 10.1. The van der Waals surface area contributed by atoms with Gasteiger partial charge in [-0.2, -0.15) is 0 Å². The zero-order valence-corrected chi connectivity index (χ0v) is 20.7. The van der Waals surface area contributed by atoms with Gasteiger partial charge in [0.15, 0.2) is 5.78 Å². The number of hydrogen-bond donors (Lipinski definition) is 1. The van der Waals surface area contributed by atoms with E-state index < -0.39 is 28.5 Å². The first-order valence-corrected chi connectivity index (χ1v) is 11.5. The van der Waals surface area contributed by atoms with Gasteiger partial charge in [0, 0.05) is 5.41 Å². The van der Waals surface area contributed by atoms with Crippen LogP contribution in [0.5, 0.6) is 0 Å². The Balaban J connectivity index is 1.56. The van der Waals surface area contributed by atoms with Gasteiger partial charge in [-0.15, -0.1) is 0 Å². The lowest BCUT2D eigenvalue weighted by molar-refractivity contribution is -0.161. The summed E-state index contributed by atoms with van der Waals surface area (Å²) in [6.07, 6.45) is 18.4. The van der Waals surface area contributed by atoms with Crippen molar-refractivity contribution in [2.75, 3.05) is 0 Å². The molecule has 5 heteroatoms. The summed E-state index contributed by atoms with van der Waals surface area (Å²) in [7, 11) is 0. The molecule has 0 spiro atoms. The van der Waals surface area contributed by atoms with E-state index in [1.54, 1.807) is 13.8 Å². The van der Waals surface area contributed by atoms with Crippen LogP contribution in [0.25, 0.3) is 0 Å². The average Bonchev–Trinajstić information content (AvgIpc) is 3.02. The Bertz CT molecular complexity index is 992. The molecule has 0 aromatic rings. The number of fused-ring (bicyclic) bond motifs is 2. The van der Waals surface area contributed by atoms with E-state index in [1.807, 2.05) is 95.4 Å². The quantitative estimate of drug-likeness (QED) is 0.271. The summed E-state index contributed by atoms with van der Waals surface area (Å²) in [5.74, 6) is -0.718. The average molecular weight is 453 g/mol. The Morgan fingerprint density at radius 2 is 1.58 bits per heavy atom. The van der Waals surface area contributed by atoms with Crippen LogP contribution in [0.2, 0.25) is 0 Å². The third kappa shape index (κ3) is 4.24. The zero-order valence-electron chi connectivity index (χ0n) is 20.7. The van der Waals surface area contributed by atoms with Crippen LogP contribution in [0.1, 0.15) is 48.5 Å². The lowest BCUT2D eigenvalue weighted by Gasteiger charge is -2.37. The zero-order chi connectivity index (χ0) is 24.6. The van der Waals surface area contributed by atoms with Crippen molar-refractivity contribution in [1.82, 2.24) is 0 Å². The maximum Gasteiger partial charge on any atom is 0.320 e. The van der Waals surface area contributed by atoms with E-state index in [0.717, 1.165) is 11.1 Å². The predicted octanol–water partition coefficient (Wildman–Crippen LogP) is 4.80. The minimum absolute atomic E-state index is 0.0302. The van der Waals surface area contributed by atoms with E-state index in [9.17, 15) is 14.7 Å². The Labute approximate surface area is 197 Å². The van der Waals surface area contributed by atoms with E-state index in [1.165, 1.54) is 0 Å². The molecule has 2 aliphatic heterocycles. The molecule has 33 heavy (non-hydrogen) atoms. The van der Waals surface area contributed by atoms with Gasteiger partial charge in [0.25, 0.3) is 0 Å². The molecular formula is C28H36O5. The molecule has 0 aromatic heterocycles. The summed E-state index contributed by atoms with van der Waals surface area (Å²) >= 11 is 0. The fourth-order valence-corrected chi connectivity index (χ4v) is 5.14. The fraction of sp³-hybridized carbons (Fsp3) is 0.500. The number of rotatable bonds is 6. The number of ether oxygens (including phenoxy) is 2. The molecule has 2 heterocycles. The number of aliphatic hydroxyl groups is 1. The Morgan fingerprint density at radius 1 is 1.00 bits per heavy atom. The molecule has 7 atom stereocenters.